The molecule has 3 aromatic rings. The third kappa shape index (κ3) is 4.31. The Labute approximate surface area is 198 Å². The van der Waals surface area contributed by atoms with Gasteiger partial charge in [0, 0.05) is 10.4 Å². The number of methoxy groups -OCH3 is 4. The summed E-state index contributed by atoms with van der Waals surface area (Å²) < 4.78 is 21.5. The largest absolute Gasteiger partial charge is 0.493 e. The molecule has 0 aliphatic heterocycles. The Morgan fingerprint density at radius 1 is 0.969 bits per heavy atom. The molecule has 0 fully saturated rings. The summed E-state index contributed by atoms with van der Waals surface area (Å²) in [5.74, 6) is 0.0114. The zero-order valence-corrected chi connectivity index (χ0v) is 20.6. The number of anilines is 1. The van der Waals surface area contributed by atoms with Gasteiger partial charge in [-0.25, -0.2) is 4.79 Å². The van der Waals surface area contributed by atoms with Gasteiger partial charge in [0.2, 0.25) is 5.75 Å². The lowest BCUT2D eigenvalue weighted by molar-refractivity contribution is 0.0603. The third-order valence-electron chi connectivity index (χ3n) is 4.78. The van der Waals surface area contributed by atoms with Crippen LogP contribution < -0.4 is 19.5 Å². The first-order valence-electron chi connectivity index (χ1n) is 9.44. The quantitative estimate of drug-likeness (QED) is 0.412. The van der Waals surface area contributed by atoms with Crippen molar-refractivity contribution in [2.24, 2.45) is 0 Å². The summed E-state index contributed by atoms with van der Waals surface area (Å²) >= 11 is 4.72. The average Bonchev–Trinajstić information content (AvgIpc) is 3.13. The van der Waals surface area contributed by atoms with Crippen LogP contribution in [0.4, 0.5) is 5.00 Å². The zero-order chi connectivity index (χ0) is 23.4. The van der Waals surface area contributed by atoms with Gasteiger partial charge in [0.1, 0.15) is 10.6 Å². The van der Waals surface area contributed by atoms with E-state index in [2.05, 4.69) is 21.2 Å². The van der Waals surface area contributed by atoms with Crippen LogP contribution in [-0.4, -0.2) is 40.3 Å². The van der Waals surface area contributed by atoms with Crippen LogP contribution in [0.2, 0.25) is 0 Å². The number of esters is 1. The van der Waals surface area contributed by atoms with Crippen molar-refractivity contribution in [1.29, 1.82) is 0 Å². The van der Waals surface area contributed by atoms with Crippen LogP contribution in [0.3, 0.4) is 0 Å². The molecule has 32 heavy (non-hydrogen) atoms. The molecule has 9 heteroatoms. The van der Waals surface area contributed by atoms with E-state index in [0.717, 1.165) is 16.0 Å². The van der Waals surface area contributed by atoms with Gasteiger partial charge in [0.05, 0.1) is 38.5 Å². The van der Waals surface area contributed by atoms with Crippen LogP contribution in [0.5, 0.6) is 17.2 Å². The predicted octanol–water partition coefficient (Wildman–Crippen LogP) is 5.55. The van der Waals surface area contributed by atoms with Gasteiger partial charge in [0.15, 0.2) is 11.5 Å². The number of ether oxygens (including phenoxy) is 4. The van der Waals surface area contributed by atoms with Crippen molar-refractivity contribution < 1.29 is 28.5 Å². The molecule has 0 aliphatic carbocycles. The number of amides is 1. The monoisotopic (exact) mass is 519 g/mol. The second-order valence-corrected chi connectivity index (χ2v) is 8.57. The Hall–Kier alpha value is -3.04. The molecule has 168 valence electrons. The normalized spacial score (nSPS) is 10.4. The van der Waals surface area contributed by atoms with Crippen molar-refractivity contribution >= 4 is 44.1 Å². The van der Waals surface area contributed by atoms with Gasteiger partial charge in [-0.15, -0.1) is 11.3 Å². The van der Waals surface area contributed by atoms with Crippen molar-refractivity contribution in [3.63, 3.8) is 0 Å². The van der Waals surface area contributed by atoms with Gasteiger partial charge in [-0.3, -0.25) is 4.79 Å². The minimum atomic E-state index is -0.535. The second kappa shape index (κ2) is 10.1. The number of hydrogen-bond donors (Lipinski definition) is 1. The summed E-state index contributed by atoms with van der Waals surface area (Å²) in [6.45, 7) is 1.89. The van der Waals surface area contributed by atoms with E-state index in [9.17, 15) is 9.59 Å². The molecule has 2 aromatic carbocycles. The predicted molar refractivity (Wildman–Crippen MR) is 128 cm³/mol. The topological polar surface area (TPSA) is 83.1 Å². The van der Waals surface area contributed by atoms with Crippen LogP contribution in [0.25, 0.3) is 11.1 Å². The highest BCUT2D eigenvalue weighted by Crippen LogP contribution is 2.45. The lowest BCUT2D eigenvalue weighted by Crippen LogP contribution is -2.15. The van der Waals surface area contributed by atoms with E-state index in [1.54, 1.807) is 0 Å². The molecule has 0 saturated carbocycles. The molecule has 0 spiro atoms. The minimum absolute atomic E-state index is 0.252. The van der Waals surface area contributed by atoms with Crippen molar-refractivity contribution in [3.8, 4) is 28.4 Å². The highest BCUT2D eigenvalue weighted by Gasteiger charge is 2.28. The van der Waals surface area contributed by atoms with E-state index in [0.29, 0.717) is 32.3 Å². The molecule has 0 saturated heterocycles. The fourth-order valence-electron chi connectivity index (χ4n) is 3.34. The van der Waals surface area contributed by atoms with Gasteiger partial charge >= 0.3 is 5.97 Å². The fraction of sp³-hybridized carbons (Fsp3) is 0.217. The summed E-state index contributed by atoms with van der Waals surface area (Å²) in [5, 5.41) is 3.24. The van der Waals surface area contributed by atoms with Gasteiger partial charge in [-0.2, -0.15) is 0 Å². The number of carbonyl (C=O) groups is 2. The van der Waals surface area contributed by atoms with E-state index < -0.39 is 11.9 Å². The minimum Gasteiger partial charge on any atom is -0.493 e. The lowest BCUT2D eigenvalue weighted by atomic mass is 10.0. The number of thiophene rings is 1. The Balaban J connectivity index is 2.10. The van der Waals surface area contributed by atoms with Crippen LogP contribution in [0.15, 0.2) is 40.9 Å². The molecular weight excluding hydrogens is 498 g/mol. The molecule has 7 nitrogen and oxygen atoms in total. The Kier molecular flexibility index (Phi) is 7.42. The molecule has 1 aromatic heterocycles. The molecule has 3 rings (SSSR count). The molecule has 1 amide bonds. The first-order valence-corrected chi connectivity index (χ1v) is 11.1. The van der Waals surface area contributed by atoms with E-state index in [4.69, 9.17) is 18.9 Å². The summed E-state index contributed by atoms with van der Waals surface area (Å²) in [7, 11) is 5.73. The third-order valence-corrected chi connectivity index (χ3v) is 6.59. The number of nitrogens with one attached hydrogen (secondary N) is 1. The Bertz CT molecular complexity index is 1160. The number of hydrogen-bond acceptors (Lipinski definition) is 7. The molecule has 0 aliphatic rings. The van der Waals surface area contributed by atoms with Crippen molar-refractivity contribution in [2.75, 3.05) is 33.8 Å². The maximum Gasteiger partial charge on any atom is 0.341 e. The molecule has 0 atom stereocenters. The smallest absolute Gasteiger partial charge is 0.341 e. The lowest BCUT2D eigenvalue weighted by Gasteiger charge is -2.16. The highest BCUT2D eigenvalue weighted by atomic mass is 79.9. The maximum atomic E-state index is 13.3. The number of benzene rings is 2. The highest BCUT2D eigenvalue weighted by molar-refractivity contribution is 9.10. The number of rotatable bonds is 7. The Morgan fingerprint density at radius 2 is 1.62 bits per heavy atom. The van der Waals surface area contributed by atoms with Crippen molar-refractivity contribution in [3.05, 3.63) is 56.9 Å². The van der Waals surface area contributed by atoms with Gasteiger partial charge in [-0.05, 0) is 34.5 Å². The average molecular weight is 520 g/mol. The molecule has 1 heterocycles. The zero-order valence-electron chi connectivity index (χ0n) is 18.2. The van der Waals surface area contributed by atoms with E-state index in [1.165, 1.54) is 45.8 Å². The molecule has 0 unspecified atom stereocenters. The number of aryl methyl sites for hydroxylation is 1. The summed E-state index contributed by atoms with van der Waals surface area (Å²) in [5.41, 5.74) is 2.14. The maximum absolute atomic E-state index is 13.3. The first-order chi connectivity index (χ1) is 15.4. The molecule has 0 bridgehead atoms. The van der Waals surface area contributed by atoms with Crippen LogP contribution >= 0.6 is 27.3 Å². The van der Waals surface area contributed by atoms with Crippen molar-refractivity contribution in [1.82, 2.24) is 0 Å². The summed E-state index contributed by atoms with van der Waals surface area (Å²) in [4.78, 5) is 26.8. The molecule has 1 N–H and O–H groups in total. The summed E-state index contributed by atoms with van der Waals surface area (Å²) in [6, 6.07) is 11.0. The number of carbonyl (C=O) groups excluding carboxylic acids is 2. The second-order valence-electron chi connectivity index (χ2n) is 6.56. The van der Waals surface area contributed by atoms with Crippen LogP contribution in [-0.2, 0) is 4.74 Å². The van der Waals surface area contributed by atoms with Gasteiger partial charge in [0.25, 0.3) is 5.91 Å². The van der Waals surface area contributed by atoms with E-state index in [-0.39, 0.29) is 5.56 Å². The van der Waals surface area contributed by atoms with Crippen molar-refractivity contribution in [2.45, 2.75) is 6.92 Å². The van der Waals surface area contributed by atoms with Crippen LogP contribution in [0, 0.1) is 6.92 Å². The van der Waals surface area contributed by atoms with Gasteiger partial charge < -0.3 is 24.3 Å². The Morgan fingerprint density at radius 3 is 2.19 bits per heavy atom. The van der Waals surface area contributed by atoms with E-state index >= 15 is 0 Å². The molecular formula is C23H22BrNO6S. The van der Waals surface area contributed by atoms with Crippen LogP contribution in [0.1, 0.15) is 25.6 Å². The first kappa shape index (κ1) is 23.6. The standard InChI is InChI=1S/C23H22BrNO6S/c1-12-16(13-9-7-6-8-10-13)17(23(27)31-5)22(32-12)25-21(26)14-11-15(28-2)19(29-3)20(30-4)18(14)24/h6-11H,1-5H3,(H,25,26). The fourth-order valence-corrected chi connectivity index (χ4v) is 5.03. The molecule has 0 radical (unpaired) electrons. The number of halogens is 1. The summed E-state index contributed by atoms with van der Waals surface area (Å²) in [6.07, 6.45) is 0. The van der Waals surface area contributed by atoms with E-state index in [1.807, 2.05) is 37.3 Å². The van der Waals surface area contributed by atoms with Gasteiger partial charge in [-0.1, -0.05) is 30.3 Å². The SMILES string of the molecule is COC(=O)c1c(NC(=O)c2cc(OC)c(OC)c(OC)c2Br)sc(C)c1-c1ccccc1.